The number of amides is 1. The van der Waals surface area contributed by atoms with Gasteiger partial charge in [-0.3, -0.25) is 4.79 Å². The number of thiophene rings is 1. The number of sulfone groups is 1. The highest BCUT2D eigenvalue weighted by atomic mass is 32.2. The van der Waals surface area contributed by atoms with Crippen LogP contribution in [0.25, 0.3) is 0 Å². The van der Waals surface area contributed by atoms with Crippen molar-refractivity contribution in [2.24, 2.45) is 5.92 Å². The largest absolute Gasteiger partial charge is 0.465 e. The molecule has 1 atom stereocenters. The van der Waals surface area contributed by atoms with E-state index in [0.29, 0.717) is 22.0 Å². The molecule has 1 heterocycles. The summed E-state index contributed by atoms with van der Waals surface area (Å²) in [5.74, 6) is -0.141. The zero-order valence-corrected chi connectivity index (χ0v) is 19.3. The van der Waals surface area contributed by atoms with Crippen LogP contribution in [0.3, 0.4) is 0 Å². The van der Waals surface area contributed by atoms with Gasteiger partial charge in [0.25, 0.3) is 0 Å². The lowest BCUT2D eigenvalue weighted by atomic mass is 9.88. The number of methoxy groups -OCH3 is 1. The van der Waals surface area contributed by atoms with Gasteiger partial charge in [-0.15, -0.1) is 11.3 Å². The van der Waals surface area contributed by atoms with Crippen LogP contribution in [0, 0.1) is 5.92 Å². The number of carbonyl (C=O) groups is 2. The van der Waals surface area contributed by atoms with Crippen LogP contribution in [0.2, 0.25) is 0 Å². The van der Waals surface area contributed by atoms with E-state index in [0.717, 1.165) is 29.7 Å². The standard InChI is InChI=1S/C22H27NO5S2/c1-13(2)30(26,27)16-8-6-15(7-9-16)12-19(24)23-21-20(22(25)28-4)17-10-5-14(3)11-18(17)29-21/h6-9,13-14H,5,10-12H2,1-4H3,(H,23,24). The van der Waals surface area contributed by atoms with Gasteiger partial charge in [0.05, 0.1) is 29.2 Å². The van der Waals surface area contributed by atoms with Gasteiger partial charge in [0.15, 0.2) is 9.84 Å². The number of anilines is 1. The van der Waals surface area contributed by atoms with Crippen LogP contribution in [-0.4, -0.2) is 32.7 Å². The number of esters is 1. The Bertz CT molecular complexity index is 1050. The van der Waals surface area contributed by atoms with E-state index in [1.165, 1.54) is 30.6 Å². The molecule has 0 radical (unpaired) electrons. The van der Waals surface area contributed by atoms with E-state index in [1.807, 2.05) is 0 Å². The number of carbonyl (C=O) groups excluding carboxylic acids is 2. The van der Waals surface area contributed by atoms with E-state index in [2.05, 4.69) is 12.2 Å². The first-order valence-electron chi connectivity index (χ1n) is 9.99. The number of hydrogen-bond acceptors (Lipinski definition) is 6. The normalized spacial score (nSPS) is 16.2. The molecule has 1 aromatic carbocycles. The Kier molecular flexibility index (Phi) is 6.67. The van der Waals surface area contributed by atoms with Gasteiger partial charge >= 0.3 is 5.97 Å². The topological polar surface area (TPSA) is 89.5 Å². The smallest absolute Gasteiger partial charge is 0.341 e. The van der Waals surface area contributed by atoms with Gasteiger partial charge in [0.1, 0.15) is 5.00 Å². The zero-order chi connectivity index (χ0) is 22.1. The number of ether oxygens (including phenoxy) is 1. The average molecular weight is 450 g/mol. The highest BCUT2D eigenvalue weighted by molar-refractivity contribution is 7.92. The number of rotatable bonds is 6. The summed E-state index contributed by atoms with van der Waals surface area (Å²) in [6.45, 7) is 5.45. The first-order chi connectivity index (χ1) is 14.1. The third-order valence-electron chi connectivity index (χ3n) is 5.39. The van der Waals surface area contributed by atoms with Gasteiger partial charge in [-0.25, -0.2) is 13.2 Å². The van der Waals surface area contributed by atoms with Gasteiger partial charge in [-0.1, -0.05) is 19.1 Å². The molecule has 3 rings (SSSR count). The molecule has 1 N–H and O–H groups in total. The SMILES string of the molecule is COC(=O)c1c(NC(=O)Cc2ccc(S(=O)(=O)C(C)C)cc2)sc2c1CCC(C)C2. The predicted molar refractivity (Wildman–Crippen MR) is 118 cm³/mol. The monoisotopic (exact) mass is 449 g/mol. The summed E-state index contributed by atoms with van der Waals surface area (Å²) < 4.78 is 29.4. The van der Waals surface area contributed by atoms with Crippen LogP contribution in [0.5, 0.6) is 0 Å². The summed E-state index contributed by atoms with van der Waals surface area (Å²) in [5.41, 5.74) is 2.16. The van der Waals surface area contributed by atoms with Crippen molar-refractivity contribution in [2.45, 2.75) is 56.6 Å². The molecule has 1 aliphatic rings. The second-order valence-corrected chi connectivity index (χ2v) is 11.6. The van der Waals surface area contributed by atoms with Crippen LogP contribution < -0.4 is 5.32 Å². The van der Waals surface area contributed by atoms with Crippen molar-refractivity contribution in [2.75, 3.05) is 12.4 Å². The molecular formula is C22H27NO5S2. The second kappa shape index (κ2) is 8.89. The third-order valence-corrected chi connectivity index (χ3v) is 8.73. The van der Waals surface area contributed by atoms with Crippen LogP contribution in [0.4, 0.5) is 5.00 Å². The second-order valence-electron chi connectivity index (χ2n) is 8.01. The first-order valence-corrected chi connectivity index (χ1v) is 12.3. The van der Waals surface area contributed by atoms with Crippen molar-refractivity contribution < 1.29 is 22.7 Å². The van der Waals surface area contributed by atoms with Crippen molar-refractivity contribution in [3.8, 4) is 0 Å². The Hall–Kier alpha value is -2.19. The Morgan fingerprint density at radius 3 is 2.50 bits per heavy atom. The summed E-state index contributed by atoms with van der Waals surface area (Å²) in [6.07, 6.45) is 2.79. The summed E-state index contributed by atoms with van der Waals surface area (Å²) in [7, 11) is -2.00. The van der Waals surface area contributed by atoms with Gasteiger partial charge in [-0.05, 0) is 62.3 Å². The maximum Gasteiger partial charge on any atom is 0.341 e. The predicted octanol–water partition coefficient (Wildman–Crippen LogP) is 4.02. The Balaban J connectivity index is 1.77. The highest BCUT2D eigenvalue weighted by Gasteiger charge is 2.29. The van der Waals surface area contributed by atoms with E-state index in [4.69, 9.17) is 4.74 Å². The summed E-state index contributed by atoms with van der Waals surface area (Å²) in [6, 6.07) is 6.36. The van der Waals surface area contributed by atoms with E-state index in [1.54, 1.807) is 26.0 Å². The van der Waals surface area contributed by atoms with Crippen molar-refractivity contribution in [3.63, 3.8) is 0 Å². The van der Waals surface area contributed by atoms with Crippen LogP contribution in [0.1, 0.15) is 53.6 Å². The number of nitrogens with one attached hydrogen (secondary N) is 1. The van der Waals surface area contributed by atoms with E-state index < -0.39 is 21.1 Å². The summed E-state index contributed by atoms with van der Waals surface area (Å²) in [5, 5.41) is 2.90. The molecule has 6 nitrogen and oxygen atoms in total. The first kappa shape index (κ1) is 22.5. The molecule has 8 heteroatoms. The van der Waals surface area contributed by atoms with E-state index in [9.17, 15) is 18.0 Å². The van der Waals surface area contributed by atoms with Gasteiger partial charge in [0.2, 0.25) is 5.91 Å². The molecule has 0 aliphatic heterocycles. The van der Waals surface area contributed by atoms with Crippen LogP contribution in [-0.2, 0) is 38.6 Å². The van der Waals surface area contributed by atoms with Crippen LogP contribution >= 0.6 is 11.3 Å². The molecule has 162 valence electrons. The molecule has 1 aliphatic carbocycles. The fourth-order valence-electron chi connectivity index (χ4n) is 3.58. The zero-order valence-electron chi connectivity index (χ0n) is 17.7. The van der Waals surface area contributed by atoms with Gasteiger partial charge in [-0.2, -0.15) is 0 Å². The summed E-state index contributed by atoms with van der Waals surface area (Å²) in [4.78, 5) is 26.4. The lowest BCUT2D eigenvalue weighted by molar-refractivity contribution is -0.115. The number of benzene rings is 1. The Morgan fingerprint density at radius 2 is 1.90 bits per heavy atom. The number of hydrogen-bond donors (Lipinski definition) is 1. The minimum Gasteiger partial charge on any atom is -0.465 e. The average Bonchev–Trinajstić information content (AvgIpc) is 3.04. The third kappa shape index (κ3) is 4.59. The fourth-order valence-corrected chi connectivity index (χ4v) is 6.06. The van der Waals surface area contributed by atoms with Crippen molar-refractivity contribution in [1.82, 2.24) is 0 Å². The van der Waals surface area contributed by atoms with Crippen molar-refractivity contribution in [3.05, 3.63) is 45.8 Å². The quantitative estimate of drug-likeness (QED) is 0.673. The Labute approximate surface area is 181 Å². The fraction of sp³-hybridized carbons (Fsp3) is 0.455. The van der Waals surface area contributed by atoms with Crippen molar-refractivity contribution >= 4 is 38.1 Å². The number of fused-ring (bicyclic) bond motifs is 1. The molecule has 0 saturated heterocycles. The lowest BCUT2D eigenvalue weighted by Crippen LogP contribution is -2.17. The molecule has 1 aromatic heterocycles. The maximum absolute atomic E-state index is 12.6. The molecule has 0 spiro atoms. The van der Waals surface area contributed by atoms with Gasteiger partial charge in [0, 0.05) is 4.88 Å². The minimum atomic E-state index is -3.35. The molecule has 0 bridgehead atoms. The molecular weight excluding hydrogens is 422 g/mol. The molecule has 1 amide bonds. The Morgan fingerprint density at radius 1 is 1.23 bits per heavy atom. The van der Waals surface area contributed by atoms with Gasteiger partial charge < -0.3 is 10.1 Å². The summed E-state index contributed by atoms with van der Waals surface area (Å²) >= 11 is 1.45. The molecule has 30 heavy (non-hydrogen) atoms. The van der Waals surface area contributed by atoms with Crippen LogP contribution in [0.15, 0.2) is 29.2 Å². The van der Waals surface area contributed by atoms with E-state index in [-0.39, 0.29) is 17.2 Å². The van der Waals surface area contributed by atoms with Crippen molar-refractivity contribution in [1.29, 1.82) is 0 Å². The molecule has 0 fully saturated rings. The molecule has 0 saturated carbocycles. The maximum atomic E-state index is 12.6. The minimum absolute atomic E-state index is 0.0849. The molecule has 2 aromatic rings. The highest BCUT2D eigenvalue weighted by Crippen LogP contribution is 2.40. The lowest BCUT2D eigenvalue weighted by Gasteiger charge is -2.18. The van der Waals surface area contributed by atoms with E-state index >= 15 is 0 Å². The molecule has 1 unspecified atom stereocenters.